The first kappa shape index (κ1) is 10.5. The summed E-state index contributed by atoms with van der Waals surface area (Å²) in [5, 5.41) is 9.79. The molecule has 3 heteroatoms. The van der Waals surface area contributed by atoms with Gasteiger partial charge in [-0.15, -0.1) is 0 Å². The second-order valence-electron chi connectivity index (χ2n) is 3.50. The lowest BCUT2D eigenvalue weighted by Crippen LogP contribution is -2.41. The van der Waals surface area contributed by atoms with Gasteiger partial charge in [0.05, 0.1) is 5.76 Å². The second-order valence-corrected chi connectivity index (χ2v) is 3.50. The Bertz CT molecular complexity index is 179. The zero-order valence-electron chi connectivity index (χ0n) is 8.32. The van der Waals surface area contributed by atoms with Crippen molar-refractivity contribution in [2.45, 2.75) is 38.6 Å². The first-order chi connectivity index (χ1) is 6.19. The average Bonchev–Trinajstić information content (AvgIpc) is 2.11. The van der Waals surface area contributed by atoms with Crippen molar-refractivity contribution < 1.29 is 14.6 Å². The van der Waals surface area contributed by atoms with Crippen molar-refractivity contribution >= 4 is 0 Å². The van der Waals surface area contributed by atoms with Crippen molar-refractivity contribution in [3.63, 3.8) is 0 Å². The summed E-state index contributed by atoms with van der Waals surface area (Å²) in [5.74, 6) is 0.951. The van der Waals surface area contributed by atoms with Crippen LogP contribution in [0.25, 0.3) is 0 Å². The van der Waals surface area contributed by atoms with E-state index in [1.54, 1.807) is 0 Å². The molecule has 0 saturated carbocycles. The van der Waals surface area contributed by atoms with E-state index in [0.29, 0.717) is 0 Å². The Hall–Kier alpha value is -0.540. The summed E-state index contributed by atoms with van der Waals surface area (Å²) in [5.41, 5.74) is 0. The van der Waals surface area contributed by atoms with Gasteiger partial charge >= 0.3 is 0 Å². The average molecular weight is 186 g/mol. The molecule has 2 unspecified atom stereocenters. The van der Waals surface area contributed by atoms with Crippen molar-refractivity contribution in [1.29, 1.82) is 0 Å². The normalized spacial score (nSPS) is 34.4. The third-order valence-electron chi connectivity index (χ3n) is 2.43. The number of hydrogen-bond acceptors (Lipinski definition) is 3. The van der Waals surface area contributed by atoms with Crippen LogP contribution in [-0.4, -0.2) is 24.6 Å². The summed E-state index contributed by atoms with van der Waals surface area (Å²) in [4.78, 5) is 0. The molecule has 0 aromatic heterocycles. The molecule has 1 rings (SSSR count). The maximum Gasteiger partial charge on any atom is 0.225 e. The molecule has 0 aromatic carbocycles. The molecular formula is C10H18O3. The number of rotatable bonds is 3. The Morgan fingerprint density at radius 2 is 2.38 bits per heavy atom. The number of ether oxygens (including phenoxy) is 2. The van der Waals surface area contributed by atoms with Gasteiger partial charge in [0.2, 0.25) is 6.29 Å². The van der Waals surface area contributed by atoms with Crippen LogP contribution in [0.15, 0.2) is 12.3 Å². The molecule has 0 aliphatic carbocycles. The molecule has 13 heavy (non-hydrogen) atoms. The first-order valence-corrected chi connectivity index (χ1v) is 4.74. The van der Waals surface area contributed by atoms with Crippen LogP contribution in [0, 0.1) is 5.92 Å². The van der Waals surface area contributed by atoms with Crippen LogP contribution in [0.1, 0.15) is 26.2 Å². The molecule has 0 bridgehead atoms. The van der Waals surface area contributed by atoms with Gasteiger partial charge in [-0.25, -0.2) is 0 Å². The van der Waals surface area contributed by atoms with E-state index in [9.17, 15) is 5.11 Å². The molecule has 0 aromatic rings. The van der Waals surface area contributed by atoms with Gasteiger partial charge in [0.25, 0.3) is 0 Å². The Morgan fingerprint density at radius 3 is 2.92 bits per heavy atom. The first-order valence-electron chi connectivity index (χ1n) is 4.74. The van der Waals surface area contributed by atoms with Crippen LogP contribution in [0.2, 0.25) is 0 Å². The number of aliphatic hydroxyl groups excluding tert-OH is 1. The Labute approximate surface area is 79.3 Å². The lowest BCUT2D eigenvalue weighted by atomic mass is 9.90. The fourth-order valence-electron chi connectivity index (χ4n) is 1.75. The maximum atomic E-state index is 9.79. The van der Waals surface area contributed by atoms with Gasteiger partial charge in [-0.3, -0.25) is 0 Å². The molecule has 1 saturated heterocycles. The molecule has 3 atom stereocenters. The van der Waals surface area contributed by atoms with Gasteiger partial charge in [-0.2, -0.15) is 0 Å². The highest BCUT2D eigenvalue weighted by Crippen LogP contribution is 2.30. The predicted octanol–water partition coefficient (Wildman–Crippen LogP) is 1.67. The number of hydrogen-bond donors (Lipinski definition) is 1. The SMILES string of the molecule is C=C1CC(CCC)C(O)[C@H](OC)O1. The minimum atomic E-state index is -0.530. The third kappa shape index (κ3) is 2.45. The van der Waals surface area contributed by atoms with Crippen LogP contribution in [-0.2, 0) is 9.47 Å². The van der Waals surface area contributed by atoms with Crippen molar-refractivity contribution in [2.75, 3.05) is 7.11 Å². The molecule has 0 radical (unpaired) electrons. The quantitative estimate of drug-likeness (QED) is 0.728. The molecule has 1 aliphatic heterocycles. The topological polar surface area (TPSA) is 38.7 Å². The molecule has 1 heterocycles. The molecular weight excluding hydrogens is 168 g/mol. The number of methoxy groups -OCH3 is 1. The molecule has 1 fully saturated rings. The zero-order chi connectivity index (χ0) is 9.84. The van der Waals surface area contributed by atoms with Crippen molar-refractivity contribution in [2.24, 2.45) is 5.92 Å². The molecule has 1 N–H and O–H groups in total. The van der Waals surface area contributed by atoms with Gasteiger partial charge in [-0.05, 0) is 12.3 Å². The fourth-order valence-corrected chi connectivity index (χ4v) is 1.75. The fraction of sp³-hybridized carbons (Fsp3) is 0.800. The molecule has 76 valence electrons. The summed E-state index contributed by atoms with van der Waals surface area (Å²) in [6.45, 7) is 5.87. The molecule has 0 amide bonds. The van der Waals surface area contributed by atoms with E-state index >= 15 is 0 Å². The van der Waals surface area contributed by atoms with Crippen molar-refractivity contribution in [1.82, 2.24) is 0 Å². The largest absolute Gasteiger partial charge is 0.467 e. The molecule has 1 aliphatic rings. The van der Waals surface area contributed by atoms with Crippen LogP contribution in [0.4, 0.5) is 0 Å². The predicted molar refractivity (Wildman–Crippen MR) is 50.0 cm³/mol. The minimum absolute atomic E-state index is 0.233. The van der Waals surface area contributed by atoms with Crippen molar-refractivity contribution in [3.8, 4) is 0 Å². The van der Waals surface area contributed by atoms with Gasteiger partial charge in [-0.1, -0.05) is 19.9 Å². The summed E-state index contributed by atoms with van der Waals surface area (Å²) in [6.07, 6.45) is 1.75. The van der Waals surface area contributed by atoms with E-state index in [4.69, 9.17) is 9.47 Å². The van der Waals surface area contributed by atoms with Crippen LogP contribution < -0.4 is 0 Å². The third-order valence-corrected chi connectivity index (χ3v) is 2.43. The van der Waals surface area contributed by atoms with E-state index in [0.717, 1.165) is 25.0 Å². The highest BCUT2D eigenvalue weighted by atomic mass is 16.7. The standard InChI is InChI=1S/C10H18O3/c1-4-5-8-6-7(2)13-10(12-3)9(8)11/h8-11H,2,4-6H2,1,3H3/t8?,9?,10-/m1/s1. The van der Waals surface area contributed by atoms with E-state index in [-0.39, 0.29) is 5.92 Å². The molecule has 0 spiro atoms. The Kier molecular flexibility index (Phi) is 3.75. The van der Waals surface area contributed by atoms with Crippen LogP contribution in [0.3, 0.4) is 0 Å². The lowest BCUT2D eigenvalue weighted by molar-refractivity contribution is -0.195. The smallest absolute Gasteiger partial charge is 0.225 e. The second kappa shape index (κ2) is 4.63. The van der Waals surface area contributed by atoms with Crippen LogP contribution in [0.5, 0.6) is 0 Å². The minimum Gasteiger partial charge on any atom is -0.467 e. The van der Waals surface area contributed by atoms with E-state index < -0.39 is 12.4 Å². The van der Waals surface area contributed by atoms with E-state index in [1.807, 2.05) is 0 Å². The molecule has 3 nitrogen and oxygen atoms in total. The number of allylic oxidation sites excluding steroid dienone is 1. The highest BCUT2D eigenvalue weighted by Gasteiger charge is 2.34. The highest BCUT2D eigenvalue weighted by molar-refractivity contribution is 4.94. The van der Waals surface area contributed by atoms with Gasteiger partial charge < -0.3 is 14.6 Å². The maximum absolute atomic E-state index is 9.79. The van der Waals surface area contributed by atoms with E-state index in [2.05, 4.69) is 13.5 Å². The summed E-state index contributed by atoms with van der Waals surface area (Å²) in [6, 6.07) is 0. The van der Waals surface area contributed by atoms with Crippen molar-refractivity contribution in [3.05, 3.63) is 12.3 Å². The van der Waals surface area contributed by atoms with Gasteiger partial charge in [0, 0.05) is 13.5 Å². The number of aliphatic hydroxyl groups is 1. The van der Waals surface area contributed by atoms with Crippen LogP contribution >= 0.6 is 0 Å². The summed E-state index contributed by atoms with van der Waals surface area (Å²) >= 11 is 0. The zero-order valence-corrected chi connectivity index (χ0v) is 8.32. The lowest BCUT2D eigenvalue weighted by Gasteiger charge is -2.35. The van der Waals surface area contributed by atoms with Gasteiger partial charge in [0.15, 0.2) is 0 Å². The summed E-state index contributed by atoms with van der Waals surface area (Å²) < 4.78 is 10.3. The van der Waals surface area contributed by atoms with Gasteiger partial charge in [0.1, 0.15) is 6.10 Å². The monoisotopic (exact) mass is 186 g/mol. The Balaban J connectivity index is 2.57. The summed E-state index contributed by atoms with van der Waals surface area (Å²) in [7, 11) is 1.54. The van der Waals surface area contributed by atoms with E-state index in [1.165, 1.54) is 7.11 Å². The Morgan fingerprint density at radius 1 is 1.69 bits per heavy atom.